The molecule has 94 valence electrons. The lowest BCUT2D eigenvalue weighted by Crippen LogP contribution is -2.03. The minimum absolute atomic E-state index is 0.0779. The highest BCUT2D eigenvalue weighted by Gasteiger charge is 2.14. The number of methoxy groups -OCH3 is 1. The molecule has 0 aliphatic heterocycles. The molecule has 1 unspecified atom stereocenters. The minimum atomic E-state index is -0.847. The molecule has 0 fully saturated rings. The van der Waals surface area contributed by atoms with Gasteiger partial charge < -0.3 is 20.7 Å². The van der Waals surface area contributed by atoms with Gasteiger partial charge in [0, 0.05) is 17.3 Å². The maximum absolute atomic E-state index is 10.3. The Labute approximate surface area is 105 Å². The van der Waals surface area contributed by atoms with Gasteiger partial charge in [-0.15, -0.1) is 0 Å². The van der Waals surface area contributed by atoms with Gasteiger partial charge in [0.2, 0.25) is 0 Å². The van der Waals surface area contributed by atoms with E-state index >= 15 is 0 Å². The van der Waals surface area contributed by atoms with Crippen molar-refractivity contribution in [2.75, 3.05) is 12.8 Å². The van der Waals surface area contributed by atoms with Gasteiger partial charge in [0.05, 0.1) is 7.11 Å². The van der Waals surface area contributed by atoms with E-state index in [2.05, 4.69) is 0 Å². The quantitative estimate of drug-likeness (QED) is 0.723. The van der Waals surface area contributed by atoms with E-state index in [-0.39, 0.29) is 5.75 Å². The lowest BCUT2D eigenvalue weighted by Gasteiger charge is -2.14. The number of phenols is 1. The zero-order valence-electron chi connectivity index (χ0n) is 10.00. The molecule has 4 nitrogen and oxygen atoms in total. The number of rotatable bonds is 3. The monoisotopic (exact) mass is 245 g/mol. The molecule has 0 saturated carbocycles. The Bertz CT molecular complexity index is 554. The summed E-state index contributed by atoms with van der Waals surface area (Å²) in [5, 5.41) is 19.6. The van der Waals surface area contributed by atoms with Gasteiger partial charge in [0.1, 0.15) is 17.6 Å². The molecule has 0 heterocycles. The molecule has 0 bridgehead atoms. The molecule has 0 aromatic heterocycles. The van der Waals surface area contributed by atoms with Gasteiger partial charge in [-0.3, -0.25) is 0 Å². The molecule has 0 radical (unpaired) electrons. The predicted molar refractivity (Wildman–Crippen MR) is 69.6 cm³/mol. The first-order valence-corrected chi connectivity index (χ1v) is 5.52. The number of benzene rings is 2. The van der Waals surface area contributed by atoms with Crippen LogP contribution < -0.4 is 10.5 Å². The summed E-state index contributed by atoms with van der Waals surface area (Å²) in [6.45, 7) is 0. The SMILES string of the molecule is COc1cccc(C(O)c2ccc(O)cc2N)c1. The number of aliphatic hydroxyl groups is 1. The first kappa shape index (κ1) is 12.3. The van der Waals surface area contributed by atoms with E-state index in [1.165, 1.54) is 12.1 Å². The largest absolute Gasteiger partial charge is 0.508 e. The fourth-order valence-electron chi connectivity index (χ4n) is 1.80. The van der Waals surface area contributed by atoms with Crippen molar-refractivity contribution in [3.8, 4) is 11.5 Å². The summed E-state index contributed by atoms with van der Waals surface area (Å²) in [5.41, 5.74) is 7.37. The molecule has 1 atom stereocenters. The van der Waals surface area contributed by atoms with Crippen LogP contribution in [-0.4, -0.2) is 17.3 Å². The molecule has 4 heteroatoms. The van der Waals surface area contributed by atoms with Crippen molar-refractivity contribution in [1.82, 2.24) is 0 Å². The van der Waals surface area contributed by atoms with Crippen molar-refractivity contribution < 1.29 is 14.9 Å². The summed E-state index contributed by atoms with van der Waals surface area (Å²) in [5.74, 6) is 0.748. The summed E-state index contributed by atoms with van der Waals surface area (Å²) in [4.78, 5) is 0. The van der Waals surface area contributed by atoms with Gasteiger partial charge >= 0.3 is 0 Å². The molecule has 2 aromatic carbocycles. The fraction of sp³-hybridized carbons (Fsp3) is 0.143. The van der Waals surface area contributed by atoms with Crippen LogP contribution in [0.25, 0.3) is 0 Å². The van der Waals surface area contributed by atoms with Crippen molar-refractivity contribution in [3.05, 3.63) is 53.6 Å². The number of hydrogen-bond donors (Lipinski definition) is 3. The highest BCUT2D eigenvalue weighted by molar-refractivity contribution is 5.54. The summed E-state index contributed by atoms with van der Waals surface area (Å²) in [6.07, 6.45) is -0.847. The van der Waals surface area contributed by atoms with Crippen molar-refractivity contribution in [2.45, 2.75) is 6.10 Å². The number of aromatic hydroxyl groups is 1. The maximum Gasteiger partial charge on any atom is 0.119 e. The molecule has 4 N–H and O–H groups in total. The third-order valence-electron chi connectivity index (χ3n) is 2.77. The summed E-state index contributed by atoms with van der Waals surface area (Å²) < 4.78 is 5.11. The van der Waals surface area contributed by atoms with E-state index in [0.29, 0.717) is 22.6 Å². The molecular formula is C14H15NO3. The van der Waals surface area contributed by atoms with Crippen LogP contribution in [-0.2, 0) is 0 Å². The number of ether oxygens (including phenoxy) is 1. The topological polar surface area (TPSA) is 75.7 Å². The van der Waals surface area contributed by atoms with Crippen LogP contribution in [0.5, 0.6) is 11.5 Å². The van der Waals surface area contributed by atoms with Crippen molar-refractivity contribution >= 4 is 5.69 Å². The van der Waals surface area contributed by atoms with Gasteiger partial charge in [-0.2, -0.15) is 0 Å². The van der Waals surface area contributed by atoms with Gasteiger partial charge in [-0.05, 0) is 23.8 Å². The van der Waals surface area contributed by atoms with E-state index in [1.807, 2.05) is 0 Å². The Kier molecular flexibility index (Phi) is 3.39. The van der Waals surface area contributed by atoms with Crippen LogP contribution >= 0.6 is 0 Å². The van der Waals surface area contributed by atoms with E-state index in [0.717, 1.165) is 0 Å². The third-order valence-corrected chi connectivity index (χ3v) is 2.77. The highest BCUT2D eigenvalue weighted by Crippen LogP contribution is 2.30. The first-order valence-electron chi connectivity index (χ1n) is 5.52. The van der Waals surface area contributed by atoms with Gasteiger partial charge in [-0.1, -0.05) is 18.2 Å². The van der Waals surface area contributed by atoms with Crippen molar-refractivity contribution in [2.24, 2.45) is 0 Å². The molecule has 2 aromatic rings. The first-order chi connectivity index (χ1) is 8.61. The standard InChI is InChI=1S/C14H15NO3/c1-18-11-4-2-3-9(7-11)14(17)12-6-5-10(16)8-13(12)15/h2-8,14,16-17H,15H2,1H3. The van der Waals surface area contributed by atoms with Crippen LogP contribution in [0.3, 0.4) is 0 Å². The highest BCUT2D eigenvalue weighted by atomic mass is 16.5. The second-order valence-electron chi connectivity index (χ2n) is 3.99. The van der Waals surface area contributed by atoms with Gasteiger partial charge in [0.15, 0.2) is 0 Å². The van der Waals surface area contributed by atoms with Crippen molar-refractivity contribution in [1.29, 1.82) is 0 Å². The van der Waals surface area contributed by atoms with Crippen LogP contribution in [0.4, 0.5) is 5.69 Å². The molecule has 0 saturated heterocycles. The number of phenolic OH excluding ortho intramolecular Hbond substituents is 1. The fourth-order valence-corrected chi connectivity index (χ4v) is 1.80. The van der Waals surface area contributed by atoms with Crippen LogP contribution in [0.15, 0.2) is 42.5 Å². The van der Waals surface area contributed by atoms with E-state index in [1.54, 1.807) is 37.4 Å². The second-order valence-corrected chi connectivity index (χ2v) is 3.99. The normalized spacial score (nSPS) is 12.1. The Hall–Kier alpha value is -2.20. The molecule has 2 rings (SSSR count). The van der Waals surface area contributed by atoms with Crippen LogP contribution in [0.2, 0.25) is 0 Å². The molecular weight excluding hydrogens is 230 g/mol. The molecule has 0 spiro atoms. The number of nitrogens with two attached hydrogens (primary N) is 1. The maximum atomic E-state index is 10.3. The number of anilines is 1. The Morgan fingerprint density at radius 1 is 1.17 bits per heavy atom. The lowest BCUT2D eigenvalue weighted by molar-refractivity contribution is 0.220. The van der Waals surface area contributed by atoms with Crippen LogP contribution in [0, 0.1) is 0 Å². The molecule has 0 aliphatic carbocycles. The number of aliphatic hydroxyl groups excluding tert-OH is 1. The Morgan fingerprint density at radius 3 is 2.61 bits per heavy atom. The Balaban J connectivity index is 2.37. The second kappa shape index (κ2) is 4.98. The van der Waals surface area contributed by atoms with Gasteiger partial charge in [0.25, 0.3) is 0 Å². The average Bonchev–Trinajstić information content (AvgIpc) is 2.38. The smallest absolute Gasteiger partial charge is 0.119 e. The van der Waals surface area contributed by atoms with E-state index in [9.17, 15) is 10.2 Å². The van der Waals surface area contributed by atoms with Gasteiger partial charge in [-0.25, -0.2) is 0 Å². The molecule has 0 amide bonds. The summed E-state index contributed by atoms with van der Waals surface area (Å²) in [6, 6.07) is 11.7. The van der Waals surface area contributed by atoms with Crippen LogP contribution in [0.1, 0.15) is 17.2 Å². The molecule has 18 heavy (non-hydrogen) atoms. The summed E-state index contributed by atoms with van der Waals surface area (Å²) >= 11 is 0. The zero-order valence-corrected chi connectivity index (χ0v) is 10.00. The lowest BCUT2D eigenvalue weighted by atomic mass is 10.00. The average molecular weight is 245 g/mol. The summed E-state index contributed by atoms with van der Waals surface area (Å²) in [7, 11) is 1.57. The Morgan fingerprint density at radius 2 is 1.94 bits per heavy atom. The predicted octanol–water partition coefficient (Wildman–Crippen LogP) is 2.06. The third kappa shape index (κ3) is 2.38. The number of nitrogen functional groups attached to an aromatic ring is 1. The minimum Gasteiger partial charge on any atom is -0.508 e. The van der Waals surface area contributed by atoms with Crippen molar-refractivity contribution in [3.63, 3.8) is 0 Å². The molecule has 0 aliphatic rings. The van der Waals surface area contributed by atoms with E-state index in [4.69, 9.17) is 10.5 Å². The van der Waals surface area contributed by atoms with E-state index < -0.39 is 6.10 Å². The number of hydrogen-bond acceptors (Lipinski definition) is 4. The zero-order chi connectivity index (χ0) is 13.1.